The zero-order valence-electron chi connectivity index (χ0n) is 12.9. The van der Waals surface area contributed by atoms with Crippen LogP contribution in [-0.4, -0.2) is 9.13 Å². The molecule has 1 heterocycles. The zero-order valence-corrected chi connectivity index (χ0v) is 12.9. The minimum atomic E-state index is 0.0757. The van der Waals surface area contributed by atoms with E-state index in [0.29, 0.717) is 6.54 Å². The van der Waals surface area contributed by atoms with E-state index in [1.165, 1.54) is 5.56 Å². The molecule has 0 spiro atoms. The van der Waals surface area contributed by atoms with Crippen LogP contribution in [0.15, 0.2) is 41.5 Å². The van der Waals surface area contributed by atoms with Gasteiger partial charge in [-0.2, -0.15) is 0 Å². The predicted octanol–water partition coefficient (Wildman–Crippen LogP) is 3.41. The van der Waals surface area contributed by atoms with Crippen LogP contribution in [0.1, 0.15) is 45.2 Å². The fourth-order valence-electron chi connectivity index (χ4n) is 2.29. The van der Waals surface area contributed by atoms with Gasteiger partial charge in [0.1, 0.15) is 0 Å². The molecule has 3 nitrogen and oxygen atoms in total. The van der Waals surface area contributed by atoms with Crippen LogP contribution in [0.2, 0.25) is 0 Å². The summed E-state index contributed by atoms with van der Waals surface area (Å²) in [6.07, 6.45) is 4.72. The lowest BCUT2D eigenvalue weighted by Crippen LogP contribution is -2.24. The minimum Gasteiger partial charge on any atom is -0.299 e. The topological polar surface area (TPSA) is 26.9 Å². The van der Waals surface area contributed by atoms with E-state index in [1.807, 2.05) is 12.4 Å². The van der Waals surface area contributed by atoms with Crippen molar-refractivity contribution >= 4 is 0 Å². The largest absolute Gasteiger partial charge is 0.328 e. The van der Waals surface area contributed by atoms with E-state index in [1.54, 1.807) is 9.13 Å². The van der Waals surface area contributed by atoms with E-state index in [4.69, 9.17) is 0 Å². The Balaban J connectivity index is 2.16. The molecule has 0 radical (unpaired) electrons. The van der Waals surface area contributed by atoms with Gasteiger partial charge in [0.2, 0.25) is 0 Å². The van der Waals surface area contributed by atoms with Crippen LogP contribution in [0.25, 0.3) is 0 Å². The molecule has 0 fully saturated rings. The maximum atomic E-state index is 12.1. The van der Waals surface area contributed by atoms with Gasteiger partial charge in [-0.25, -0.2) is 4.79 Å². The van der Waals surface area contributed by atoms with E-state index < -0.39 is 0 Å². The average Bonchev–Trinajstić information content (AvgIpc) is 2.72. The first kappa shape index (κ1) is 14.6. The lowest BCUT2D eigenvalue weighted by molar-refractivity contribution is 0.589. The summed E-state index contributed by atoms with van der Waals surface area (Å²) in [4.78, 5) is 12.1. The Morgan fingerprint density at radius 3 is 2.15 bits per heavy atom. The molecule has 0 amide bonds. The van der Waals surface area contributed by atoms with Gasteiger partial charge in [0.15, 0.2) is 0 Å². The van der Waals surface area contributed by atoms with Crippen molar-refractivity contribution in [2.45, 2.75) is 52.6 Å². The summed E-state index contributed by atoms with van der Waals surface area (Å²) >= 11 is 0. The second-order valence-corrected chi connectivity index (χ2v) is 6.35. The fraction of sp³-hybridized carbons (Fsp3) is 0.471. The van der Waals surface area contributed by atoms with Crippen molar-refractivity contribution in [2.24, 2.45) is 0 Å². The van der Waals surface area contributed by atoms with Crippen molar-refractivity contribution in [1.29, 1.82) is 0 Å². The quantitative estimate of drug-likeness (QED) is 0.838. The monoisotopic (exact) mass is 272 g/mol. The molecule has 0 atom stereocenters. The third-order valence-electron chi connectivity index (χ3n) is 3.56. The first-order chi connectivity index (χ1) is 9.41. The van der Waals surface area contributed by atoms with Crippen LogP contribution < -0.4 is 5.69 Å². The highest BCUT2D eigenvalue weighted by atomic mass is 16.1. The van der Waals surface area contributed by atoms with Gasteiger partial charge in [0.05, 0.1) is 6.54 Å². The van der Waals surface area contributed by atoms with Crippen LogP contribution in [0.3, 0.4) is 0 Å². The molecule has 1 aromatic carbocycles. The molecule has 0 aliphatic rings. The number of aromatic nitrogens is 2. The van der Waals surface area contributed by atoms with Gasteiger partial charge in [0.25, 0.3) is 0 Å². The summed E-state index contributed by atoms with van der Waals surface area (Å²) in [5.74, 6) is 0. The Bertz CT molecular complexity index is 612. The Morgan fingerprint density at radius 1 is 1.00 bits per heavy atom. The molecule has 3 heteroatoms. The lowest BCUT2D eigenvalue weighted by Gasteiger charge is -2.19. The summed E-state index contributed by atoms with van der Waals surface area (Å²) in [6, 6.07) is 8.54. The smallest absolute Gasteiger partial charge is 0.299 e. The Labute approximate surface area is 120 Å². The second-order valence-electron chi connectivity index (χ2n) is 6.35. The van der Waals surface area contributed by atoms with Crippen LogP contribution in [-0.2, 0) is 18.5 Å². The third-order valence-corrected chi connectivity index (χ3v) is 3.56. The van der Waals surface area contributed by atoms with Crippen molar-refractivity contribution in [3.63, 3.8) is 0 Å². The molecular weight excluding hydrogens is 248 g/mol. The molecule has 0 saturated heterocycles. The number of benzene rings is 1. The summed E-state index contributed by atoms with van der Waals surface area (Å²) in [6.45, 7) is 10.1. The van der Waals surface area contributed by atoms with E-state index in [-0.39, 0.29) is 11.1 Å². The highest BCUT2D eigenvalue weighted by Gasteiger charge is 2.13. The lowest BCUT2D eigenvalue weighted by atomic mass is 9.87. The van der Waals surface area contributed by atoms with Gasteiger partial charge < -0.3 is 0 Å². The highest BCUT2D eigenvalue weighted by molar-refractivity contribution is 5.27. The van der Waals surface area contributed by atoms with E-state index in [0.717, 1.165) is 18.5 Å². The Kier molecular flexibility index (Phi) is 4.17. The van der Waals surface area contributed by atoms with Crippen molar-refractivity contribution in [2.75, 3.05) is 0 Å². The molecule has 1 aromatic heterocycles. The molecule has 0 N–H and O–H groups in total. The van der Waals surface area contributed by atoms with E-state index >= 15 is 0 Å². The maximum Gasteiger partial charge on any atom is 0.328 e. The van der Waals surface area contributed by atoms with Crippen LogP contribution in [0.5, 0.6) is 0 Å². The van der Waals surface area contributed by atoms with E-state index in [9.17, 15) is 4.79 Å². The van der Waals surface area contributed by atoms with Gasteiger partial charge in [-0.15, -0.1) is 0 Å². The van der Waals surface area contributed by atoms with Crippen molar-refractivity contribution in [3.05, 3.63) is 58.3 Å². The van der Waals surface area contributed by atoms with Crippen LogP contribution in [0, 0.1) is 0 Å². The molecule has 20 heavy (non-hydrogen) atoms. The number of imidazole rings is 1. The molecule has 2 rings (SSSR count). The zero-order chi connectivity index (χ0) is 14.8. The number of rotatable bonds is 4. The molecular formula is C17H24N2O. The van der Waals surface area contributed by atoms with Crippen LogP contribution >= 0.6 is 0 Å². The molecule has 0 unspecified atom stereocenters. The number of aryl methyl sites for hydroxylation is 1. The SMILES string of the molecule is CCCn1ccn(Cc2ccc(C(C)(C)C)cc2)c1=O. The van der Waals surface area contributed by atoms with Crippen molar-refractivity contribution in [3.8, 4) is 0 Å². The van der Waals surface area contributed by atoms with Crippen LogP contribution in [0.4, 0.5) is 0 Å². The van der Waals surface area contributed by atoms with E-state index in [2.05, 4.69) is 52.0 Å². The highest BCUT2D eigenvalue weighted by Crippen LogP contribution is 2.22. The molecule has 0 saturated carbocycles. The maximum absolute atomic E-state index is 12.1. The van der Waals surface area contributed by atoms with Gasteiger partial charge in [0, 0.05) is 18.9 Å². The minimum absolute atomic E-state index is 0.0757. The summed E-state index contributed by atoms with van der Waals surface area (Å²) in [5, 5.41) is 0. The Morgan fingerprint density at radius 2 is 1.60 bits per heavy atom. The fourth-order valence-corrected chi connectivity index (χ4v) is 2.29. The normalized spacial score (nSPS) is 11.8. The Hall–Kier alpha value is -1.77. The van der Waals surface area contributed by atoms with Gasteiger partial charge >= 0.3 is 5.69 Å². The summed E-state index contributed by atoms with van der Waals surface area (Å²) in [7, 11) is 0. The van der Waals surface area contributed by atoms with Gasteiger partial charge in [-0.3, -0.25) is 9.13 Å². The molecule has 2 aromatic rings. The number of nitrogens with zero attached hydrogens (tertiary/aromatic N) is 2. The number of hydrogen-bond acceptors (Lipinski definition) is 1. The first-order valence-electron chi connectivity index (χ1n) is 7.27. The standard InChI is InChI=1S/C17H24N2O/c1-5-10-18-11-12-19(16(18)20)13-14-6-8-15(9-7-14)17(2,3)4/h6-9,11-12H,5,10,13H2,1-4H3. The predicted molar refractivity (Wildman–Crippen MR) is 83.2 cm³/mol. The average molecular weight is 272 g/mol. The molecule has 0 aliphatic heterocycles. The van der Waals surface area contributed by atoms with Gasteiger partial charge in [-0.1, -0.05) is 52.0 Å². The first-order valence-corrected chi connectivity index (χ1v) is 7.27. The van der Waals surface area contributed by atoms with Crippen molar-refractivity contribution in [1.82, 2.24) is 9.13 Å². The summed E-state index contributed by atoms with van der Waals surface area (Å²) in [5.41, 5.74) is 2.72. The molecule has 108 valence electrons. The van der Waals surface area contributed by atoms with Crippen molar-refractivity contribution < 1.29 is 0 Å². The third kappa shape index (κ3) is 3.21. The number of hydrogen-bond donors (Lipinski definition) is 0. The summed E-state index contributed by atoms with van der Waals surface area (Å²) < 4.78 is 3.53. The van der Waals surface area contributed by atoms with Gasteiger partial charge in [-0.05, 0) is 23.0 Å². The second kappa shape index (κ2) is 5.70. The molecule has 0 aliphatic carbocycles. The molecule has 0 bridgehead atoms.